The van der Waals surface area contributed by atoms with Crippen LogP contribution in [0.25, 0.3) is 11.0 Å². The van der Waals surface area contributed by atoms with Gasteiger partial charge in [-0.15, -0.1) is 11.3 Å². The van der Waals surface area contributed by atoms with Crippen LogP contribution in [-0.4, -0.2) is 15.0 Å². The van der Waals surface area contributed by atoms with Gasteiger partial charge in [-0.05, 0) is 31.2 Å². The van der Waals surface area contributed by atoms with E-state index in [0.717, 1.165) is 15.9 Å². The number of hydrogen-bond donors (Lipinski definition) is 1. The third kappa shape index (κ3) is 3.22. The van der Waals surface area contributed by atoms with Gasteiger partial charge in [0.1, 0.15) is 0 Å². The predicted octanol–water partition coefficient (Wildman–Crippen LogP) is 2.42. The number of thiophene rings is 1. The number of amides is 1. The monoisotopic (exact) mass is 329 g/mol. The van der Waals surface area contributed by atoms with Gasteiger partial charge < -0.3 is 5.32 Å². The maximum Gasteiger partial charge on any atom is 0.328 e. The van der Waals surface area contributed by atoms with Gasteiger partial charge >= 0.3 is 5.69 Å². The SMILES string of the molecule is Cc1ccc(CNC(=O)CCn2c(=O)n(C)c3ccccc32)s1. The lowest BCUT2D eigenvalue weighted by molar-refractivity contribution is -0.121. The Balaban J connectivity index is 1.65. The second kappa shape index (κ2) is 6.42. The molecule has 3 aromatic rings. The van der Waals surface area contributed by atoms with Crippen molar-refractivity contribution in [2.24, 2.45) is 7.05 Å². The number of hydrogen-bond acceptors (Lipinski definition) is 3. The molecular formula is C17H19N3O2S. The highest BCUT2D eigenvalue weighted by Gasteiger charge is 2.11. The van der Waals surface area contributed by atoms with Crippen molar-refractivity contribution in [2.75, 3.05) is 0 Å². The molecule has 1 aromatic carbocycles. The molecule has 6 heteroatoms. The average molecular weight is 329 g/mol. The molecule has 0 radical (unpaired) electrons. The lowest BCUT2D eigenvalue weighted by Crippen LogP contribution is -2.27. The summed E-state index contributed by atoms with van der Waals surface area (Å²) < 4.78 is 3.27. The molecule has 0 saturated heterocycles. The molecule has 23 heavy (non-hydrogen) atoms. The molecule has 2 aromatic heterocycles. The van der Waals surface area contributed by atoms with E-state index in [2.05, 4.69) is 5.32 Å². The van der Waals surface area contributed by atoms with Crippen LogP contribution in [0.15, 0.2) is 41.2 Å². The summed E-state index contributed by atoms with van der Waals surface area (Å²) in [6.45, 7) is 2.97. The molecule has 5 nitrogen and oxygen atoms in total. The van der Waals surface area contributed by atoms with Gasteiger partial charge in [0.05, 0.1) is 17.6 Å². The van der Waals surface area contributed by atoms with E-state index >= 15 is 0 Å². The molecule has 0 bridgehead atoms. The van der Waals surface area contributed by atoms with Gasteiger partial charge in [-0.3, -0.25) is 13.9 Å². The normalized spacial score (nSPS) is 11.0. The molecule has 0 atom stereocenters. The van der Waals surface area contributed by atoms with Crippen molar-refractivity contribution < 1.29 is 4.79 Å². The first kappa shape index (κ1) is 15.6. The zero-order valence-corrected chi connectivity index (χ0v) is 14.0. The smallest absolute Gasteiger partial charge is 0.328 e. The Kier molecular flexibility index (Phi) is 4.34. The van der Waals surface area contributed by atoms with E-state index in [1.165, 1.54) is 4.88 Å². The molecular weight excluding hydrogens is 310 g/mol. The van der Waals surface area contributed by atoms with E-state index in [-0.39, 0.29) is 18.0 Å². The number of fused-ring (bicyclic) bond motifs is 1. The summed E-state index contributed by atoms with van der Waals surface area (Å²) in [6.07, 6.45) is 0.290. The van der Waals surface area contributed by atoms with Crippen molar-refractivity contribution in [3.05, 3.63) is 56.6 Å². The van der Waals surface area contributed by atoms with E-state index in [1.807, 2.05) is 43.3 Å². The molecule has 0 spiro atoms. The van der Waals surface area contributed by atoms with Crippen molar-refractivity contribution in [3.63, 3.8) is 0 Å². The van der Waals surface area contributed by atoms with E-state index in [9.17, 15) is 9.59 Å². The van der Waals surface area contributed by atoms with Crippen molar-refractivity contribution in [3.8, 4) is 0 Å². The number of aromatic nitrogens is 2. The van der Waals surface area contributed by atoms with Crippen LogP contribution in [0.1, 0.15) is 16.2 Å². The fourth-order valence-electron chi connectivity index (χ4n) is 2.65. The van der Waals surface area contributed by atoms with E-state index in [1.54, 1.807) is 27.5 Å². The highest BCUT2D eigenvalue weighted by Crippen LogP contribution is 2.14. The fraction of sp³-hybridized carbons (Fsp3) is 0.294. The highest BCUT2D eigenvalue weighted by atomic mass is 32.1. The standard InChI is InChI=1S/C17H19N3O2S/c1-12-7-8-13(23-12)11-18-16(21)9-10-20-15-6-4-3-5-14(15)19(2)17(20)22/h3-8H,9-11H2,1-2H3,(H,18,21). The van der Waals surface area contributed by atoms with E-state index < -0.39 is 0 Å². The fourth-order valence-corrected chi connectivity index (χ4v) is 3.48. The van der Waals surface area contributed by atoms with E-state index in [4.69, 9.17) is 0 Å². The summed E-state index contributed by atoms with van der Waals surface area (Å²) in [5.41, 5.74) is 1.65. The molecule has 0 fully saturated rings. The number of aryl methyl sites for hydroxylation is 3. The van der Waals surface area contributed by atoms with Crippen LogP contribution < -0.4 is 11.0 Å². The first-order valence-corrected chi connectivity index (χ1v) is 8.34. The van der Waals surface area contributed by atoms with Crippen molar-refractivity contribution >= 4 is 28.3 Å². The second-order valence-corrected chi connectivity index (χ2v) is 6.89. The third-order valence-corrected chi connectivity index (χ3v) is 4.87. The lowest BCUT2D eigenvalue weighted by atomic mass is 10.3. The van der Waals surface area contributed by atoms with Crippen LogP contribution in [0.2, 0.25) is 0 Å². The Bertz CT molecular complexity index is 904. The minimum atomic E-state index is -0.0899. The maximum absolute atomic E-state index is 12.3. The van der Waals surface area contributed by atoms with Gasteiger partial charge in [0.15, 0.2) is 0 Å². The molecule has 3 rings (SSSR count). The molecule has 120 valence electrons. The van der Waals surface area contributed by atoms with Crippen molar-refractivity contribution in [1.29, 1.82) is 0 Å². The largest absolute Gasteiger partial charge is 0.351 e. The summed E-state index contributed by atoms with van der Waals surface area (Å²) in [4.78, 5) is 26.7. The van der Waals surface area contributed by atoms with Gasteiger partial charge in [0.2, 0.25) is 5.91 Å². The minimum Gasteiger partial charge on any atom is -0.351 e. The number of para-hydroxylation sites is 2. The average Bonchev–Trinajstić information content (AvgIpc) is 3.07. The molecule has 0 saturated carbocycles. The summed E-state index contributed by atoms with van der Waals surface area (Å²) in [6, 6.07) is 11.7. The van der Waals surface area contributed by atoms with Crippen LogP contribution in [0, 0.1) is 6.92 Å². The van der Waals surface area contributed by atoms with Crippen LogP contribution in [-0.2, 0) is 24.9 Å². The molecule has 0 unspecified atom stereocenters. The van der Waals surface area contributed by atoms with Crippen molar-refractivity contribution in [2.45, 2.75) is 26.4 Å². The lowest BCUT2D eigenvalue weighted by Gasteiger charge is -2.05. The Morgan fingerprint density at radius 2 is 1.91 bits per heavy atom. The number of carbonyl (C=O) groups is 1. The number of imidazole rings is 1. The Morgan fingerprint density at radius 3 is 2.61 bits per heavy atom. The minimum absolute atomic E-state index is 0.0455. The van der Waals surface area contributed by atoms with Crippen LogP contribution in [0.4, 0.5) is 0 Å². The summed E-state index contributed by atoms with van der Waals surface area (Å²) in [5.74, 6) is -0.0455. The van der Waals surface area contributed by atoms with Crippen LogP contribution >= 0.6 is 11.3 Å². The second-order valence-electron chi connectivity index (χ2n) is 5.52. The quantitative estimate of drug-likeness (QED) is 0.781. The summed E-state index contributed by atoms with van der Waals surface area (Å²) in [7, 11) is 1.75. The Morgan fingerprint density at radius 1 is 1.17 bits per heavy atom. The molecule has 0 aliphatic carbocycles. The highest BCUT2D eigenvalue weighted by molar-refractivity contribution is 7.11. The number of carbonyl (C=O) groups excluding carboxylic acids is 1. The molecule has 1 N–H and O–H groups in total. The maximum atomic E-state index is 12.3. The molecule has 0 aliphatic rings. The topological polar surface area (TPSA) is 56.0 Å². The Labute approximate surface area is 138 Å². The first-order valence-electron chi connectivity index (χ1n) is 7.52. The third-order valence-electron chi connectivity index (χ3n) is 3.87. The number of rotatable bonds is 5. The van der Waals surface area contributed by atoms with Gasteiger partial charge in [-0.25, -0.2) is 4.79 Å². The zero-order valence-electron chi connectivity index (χ0n) is 13.2. The molecule has 0 aliphatic heterocycles. The molecule has 2 heterocycles. The van der Waals surface area contributed by atoms with E-state index in [0.29, 0.717) is 13.1 Å². The van der Waals surface area contributed by atoms with Crippen LogP contribution in [0.5, 0.6) is 0 Å². The zero-order chi connectivity index (χ0) is 16.4. The number of nitrogens with zero attached hydrogens (tertiary/aromatic N) is 2. The van der Waals surface area contributed by atoms with Gasteiger partial charge in [-0.1, -0.05) is 12.1 Å². The number of nitrogens with one attached hydrogen (secondary N) is 1. The Hall–Kier alpha value is -2.34. The summed E-state index contributed by atoms with van der Waals surface area (Å²) >= 11 is 1.68. The summed E-state index contributed by atoms with van der Waals surface area (Å²) in [5, 5.41) is 2.91. The number of benzene rings is 1. The molecule has 1 amide bonds. The van der Waals surface area contributed by atoms with Gasteiger partial charge in [-0.2, -0.15) is 0 Å². The van der Waals surface area contributed by atoms with Crippen molar-refractivity contribution in [1.82, 2.24) is 14.5 Å². The van der Waals surface area contributed by atoms with Crippen LogP contribution in [0.3, 0.4) is 0 Å². The predicted molar refractivity (Wildman–Crippen MR) is 92.7 cm³/mol. The van der Waals surface area contributed by atoms with Gasteiger partial charge in [0, 0.05) is 29.8 Å². The van der Waals surface area contributed by atoms with Gasteiger partial charge in [0.25, 0.3) is 0 Å². The first-order chi connectivity index (χ1) is 11.1.